The molecule has 0 atom stereocenters. The molecule has 3 rings (SSSR count). The SMILES string of the molecule is CC(C)Oc1ccc(NC(=O)CCN2CCN(Cc3ccccc3)CC2)cc1. The predicted molar refractivity (Wildman–Crippen MR) is 114 cm³/mol. The van der Waals surface area contributed by atoms with Gasteiger partial charge in [-0.2, -0.15) is 0 Å². The summed E-state index contributed by atoms with van der Waals surface area (Å²) in [4.78, 5) is 17.1. The van der Waals surface area contributed by atoms with Gasteiger partial charge in [0, 0.05) is 51.4 Å². The molecule has 1 saturated heterocycles. The molecule has 0 bridgehead atoms. The summed E-state index contributed by atoms with van der Waals surface area (Å²) in [7, 11) is 0. The van der Waals surface area contributed by atoms with Crippen LogP contribution >= 0.6 is 0 Å². The van der Waals surface area contributed by atoms with Gasteiger partial charge in [0.2, 0.25) is 5.91 Å². The Hall–Kier alpha value is -2.37. The van der Waals surface area contributed by atoms with Crippen molar-refractivity contribution >= 4 is 11.6 Å². The van der Waals surface area contributed by atoms with Crippen molar-refractivity contribution in [2.75, 3.05) is 38.0 Å². The highest BCUT2D eigenvalue weighted by atomic mass is 16.5. The highest BCUT2D eigenvalue weighted by molar-refractivity contribution is 5.90. The number of carbonyl (C=O) groups is 1. The third-order valence-electron chi connectivity index (χ3n) is 4.88. The van der Waals surface area contributed by atoms with Crippen LogP contribution in [0.2, 0.25) is 0 Å². The second kappa shape index (κ2) is 10.2. The van der Waals surface area contributed by atoms with Crippen molar-refractivity contribution in [3.63, 3.8) is 0 Å². The lowest BCUT2D eigenvalue weighted by molar-refractivity contribution is -0.116. The van der Waals surface area contributed by atoms with Crippen LogP contribution < -0.4 is 10.1 Å². The lowest BCUT2D eigenvalue weighted by Gasteiger charge is -2.34. The van der Waals surface area contributed by atoms with Gasteiger partial charge >= 0.3 is 0 Å². The first kappa shape index (κ1) is 20.4. The number of piperazine rings is 1. The maximum Gasteiger partial charge on any atom is 0.225 e. The molecule has 5 heteroatoms. The van der Waals surface area contributed by atoms with Crippen molar-refractivity contribution in [2.45, 2.75) is 32.9 Å². The van der Waals surface area contributed by atoms with Crippen molar-refractivity contribution < 1.29 is 9.53 Å². The summed E-state index contributed by atoms with van der Waals surface area (Å²) >= 11 is 0. The quantitative estimate of drug-likeness (QED) is 0.759. The molecule has 0 spiro atoms. The molecule has 0 unspecified atom stereocenters. The van der Waals surface area contributed by atoms with E-state index in [4.69, 9.17) is 4.74 Å². The Morgan fingerprint density at radius 3 is 2.25 bits per heavy atom. The number of hydrogen-bond donors (Lipinski definition) is 1. The average Bonchev–Trinajstić information content (AvgIpc) is 2.69. The number of nitrogens with zero attached hydrogens (tertiary/aromatic N) is 2. The fraction of sp³-hybridized carbons (Fsp3) is 0.435. The Kier molecular flexibility index (Phi) is 7.46. The van der Waals surface area contributed by atoms with Gasteiger partial charge in [-0.25, -0.2) is 0 Å². The second-order valence-electron chi connectivity index (χ2n) is 7.59. The van der Waals surface area contributed by atoms with Crippen LogP contribution in [0.15, 0.2) is 54.6 Å². The number of amides is 1. The van der Waals surface area contributed by atoms with Crippen LogP contribution in [-0.2, 0) is 11.3 Å². The van der Waals surface area contributed by atoms with Crippen molar-refractivity contribution in [2.24, 2.45) is 0 Å². The molecule has 1 aliphatic heterocycles. The summed E-state index contributed by atoms with van der Waals surface area (Å²) in [6, 6.07) is 18.2. The van der Waals surface area contributed by atoms with E-state index >= 15 is 0 Å². The monoisotopic (exact) mass is 381 g/mol. The molecule has 0 saturated carbocycles. The zero-order valence-electron chi connectivity index (χ0n) is 16.9. The molecule has 1 amide bonds. The van der Waals surface area contributed by atoms with Crippen molar-refractivity contribution in [3.8, 4) is 5.75 Å². The number of rotatable bonds is 8. The molecule has 0 aromatic heterocycles. The minimum Gasteiger partial charge on any atom is -0.491 e. The number of benzene rings is 2. The summed E-state index contributed by atoms with van der Waals surface area (Å²) in [5.41, 5.74) is 2.17. The molecule has 1 heterocycles. The Morgan fingerprint density at radius 1 is 0.964 bits per heavy atom. The molecule has 0 radical (unpaired) electrons. The molecule has 1 fully saturated rings. The minimum atomic E-state index is 0.0595. The molecule has 1 aliphatic rings. The van der Waals surface area contributed by atoms with Gasteiger partial charge in [-0.15, -0.1) is 0 Å². The Balaban J connectivity index is 1.35. The van der Waals surface area contributed by atoms with Gasteiger partial charge in [0.05, 0.1) is 6.10 Å². The van der Waals surface area contributed by atoms with Crippen LogP contribution in [0.25, 0.3) is 0 Å². The summed E-state index contributed by atoms with van der Waals surface area (Å²) in [6.07, 6.45) is 0.664. The zero-order chi connectivity index (χ0) is 19.8. The summed E-state index contributed by atoms with van der Waals surface area (Å²) < 4.78 is 5.62. The molecule has 0 aliphatic carbocycles. The maximum absolute atomic E-state index is 12.2. The summed E-state index contributed by atoms with van der Waals surface area (Å²) in [5, 5.41) is 2.97. The van der Waals surface area contributed by atoms with Crippen LogP contribution in [0, 0.1) is 0 Å². The van der Waals surface area contributed by atoms with Crippen LogP contribution in [-0.4, -0.2) is 54.5 Å². The largest absolute Gasteiger partial charge is 0.491 e. The Labute approximate surface area is 168 Å². The number of carbonyl (C=O) groups excluding carboxylic acids is 1. The van der Waals surface area contributed by atoms with Gasteiger partial charge in [0.1, 0.15) is 5.75 Å². The fourth-order valence-corrected chi connectivity index (χ4v) is 3.38. The van der Waals surface area contributed by atoms with E-state index in [0.29, 0.717) is 6.42 Å². The van der Waals surface area contributed by atoms with E-state index in [-0.39, 0.29) is 12.0 Å². The second-order valence-corrected chi connectivity index (χ2v) is 7.59. The molecular formula is C23H31N3O2. The third kappa shape index (κ3) is 6.66. The van der Waals surface area contributed by atoms with Gasteiger partial charge in [0.15, 0.2) is 0 Å². The van der Waals surface area contributed by atoms with Gasteiger partial charge < -0.3 is 15.0 Å². The molecule has 28 heavy (non-hydrogen) atoms. The standard InChI is InChI=1S/C23H31N3O2/c1-19(2)28-22-10-8-21(9-11-22)24-23(27)12-13-25-14-16-26(17-15-25)18-20-6-4-3-5-7-20/h3-11,19H,12-18H2,1-2H3,(H,24,27). The zero-order valence-corrected chi connectivity index (χ0v) is 16.9. The van der Waals surface area contributed by atoms with E-state index in [0.717, 1.165) is 50.7 Å². The Morgan fingerprint density at radius 2 is 1.61 bits per heavy atom. The van der Waals surface area contributed by atoms with Crippen LogP contribution in [0.3, 0.4) is 0 Å². The molecule has 2 aromatic rings. The van der Waals surface area contributed by atoms with Crippen molar-refractivity contribution in [1.82, 2.24) is 9.80 Å². The molecule has 5 nitrogen and oxygen atoms in total. The number of nitrogens with one attached hydrogen (secondary N) is 1. The fourth-order valence-electron chi connectivity index (χ4n) is 3.38. The van der Waals surface area contributed by atoms with E-state index in [1.807, 2.05) is 38.1 Å². The van der Waals surface area contributed by atoms with Crippen LogP contribution in [0.1, 0.15) is 25.8 Å². The molecule has 1 N–H and O–H groups in total. The predicted octanol–water partition coefficient (Wildman–Crippen LogP) is 3.62. The van der Waals surface area contributed by atoms with Crippen LogP contribution in [0.5, 0.6) is 5.75 Å². The summed E-state index contributed by atoms with van der Waals surface area (Å²) in [5.74, 6) is 0.880. The van der Waals surface area contributed by atoms with E-state index in [1.165, 1.54) is 5.56 Å². The van der Waals surface area contributed by atoms with Crippen molar-refractivity contribution in [1.29, 1.82) is 0 Å². The van der Waals surface area contributed by atoms with E-state index in [1.54, 1.807) is 0 Å². The van der Waals surface area contributed by atoms with Gasteiger partial charge in [-0.1, -0.05) is 30.3 Å². The first-order valence-corrected chi connectivity index (χ1v) is 10.1. The van der Waals surface area contributed by atoms with Gasteiger partial charge in [-0.05, 0) is 43.7 Å². The van der Waals surface area contributed by atoms with Gasteiger partial charge in [0.25, 0.3) is 0 Å². The topological polar surface area (TPSA) is 44.8 Å². The molecular weight excluding hydrogens is 350 g/mol. The van der Waals surface area contributed by atoms with E-state index < -0.39 is 0 Å². The highest BCUT2D eigenvalue weighted by Gasteiger charge is 2.17. The lowest BCUT2D eigenvalue weighted by Crippen LogP contribution is -2.46. The summed E-state index contributed by atoms with van der Waals surface area (Å²) in [6.45, 7) is 9.93. The third-order valence-corrected chi connectivity index (χ3v) is 4.88. The minimum absolute atomic E-state index is 0.0595. The number of ether oxygens (including phenoxy) is 1. The molecule has 150 valence electrons. The highest BCUT2D eigenvalue weighted by Crippen LogP contribution is 2.17. The van der Waals surface area contributed by atoms with Crippen LogP contribution in [0.4, 0.5) is 5.69 Å². The van der Waals surface area contributed by atoms with E-state index in [9.17, 15) is 4.79 Å². The van der Waals surface area contributed by atoms with E-state index in [2.05, 4.69) is 45.4 Å². The van der Waals surface area contributed by atoms with Crippen molar-refractivity contribution in [3.05, 3.63) is 60.2 Å². The molecule has 2 aromatic carbocycles. The first-order valence-electron chi connectivity index (χ1n) is 10.1. The maximum atomic E-state index is 12.2. The number of hydrogen-bond acceptors (Lipinski definition) is 4. The normalized spacial score (nSPS) is 15.5. The number of anilines is 1. The Bertz CT molecular complexity index is 723. The van der Waals surface area contributed by atoms with Gasteiger partial charge in [-0.3, -0.25) is 9.69 Å². The smallest absolute Gasteiger partial charge is 0.225 e. The average molecular weight is 382 g/mol. The lowest BCUT2D eigenvalue weighted by atomic mass is 10.2. The first-order chi connectivity index (χ1) is 13.6.